The van der Waals surface area contributed by atoms with Crippen LogP contribution >= 0.6 is 0 Å². The van der Waals surface area contributed by atoms with E-state index in [9.17, 15) is 18.0 Å². The monoisotopic (exact) mass is 641 g/mol. The van der Waals surface area contributed by atoms with Crippen LogP contribution in [0.3, 0.4) is 0 Å². The van der Waals surface area contributed by atoms with E-state index in [0.29, 0.717) is 29.4 Å². The molecule has 0 radical (unpaired) electrons. The smallest absolute Gasteiger partial charge is 0.308 e. The van der Waals surface area contributed by atoms with Gasteiger partial charge in [0.2, 0.25) is 0 Å². The molecule has 2 aliphatic carbocycles. The standard InChI is InChI=1S/C35H44FNO7S/c1-6-9-10-16-43-31-20-25(23-12-13-23)17-22(4)33(31)26-18-27(24-14-15-24)34(36)28(19-26)29(21-32(38)42-8-3)37-35(39)30(11-7-2)44-45(5,40)41/h6-7,17-20,23-24,29-30H,1-2,8-16,21H2,3-5H3,(H,37,39)/t29-,30+/m0/s1. The summed E-state index contributed by atoms with van der Waals surface area (Å²) in [7, 11) is -4.00. The summed E-state index contributed by atoms with van der Waals surface area (Å²) in [5.74, 6) is -0.752. The van der Waals surface area contributed by atoms with Gasteiger partial charge in [0.15, 0.2) is 6.10 Å². The Morgan fingerprint density at radius 1 is 1.09 bits per heavy atom. The van der Waals surface area contributed by atoms with Gasteiger partial charge < -0.3 is 14.8 Å². The highest BCUT2D eigenvalue weighted by Gasteiger charge is 2.34. The first-order valence-corrected chi connectivity index (χ1v) is 17.4. The van der Waals surface area contributed by atoms with Crippen molar-refractivity contribution in [1.82, 2.24) is 5.32 Å². The zero-order valence-corrected chi connectivity index (χ0v) is 27.2. The Bertz CT molecular complexity index is 1530. The van der Waals surface area contributed by atoms with Crippen molar-refractivity contribution in [2.45, 2.75) is 89.2 Å². The van der Waals surface area contributed by atoms with E-state index in [1.54, 1.807) is 13.0 Å². The van der Waals surface area contributed by atoms with Crippen LogP contribution in [0.15, 0.2) is 49.6 Å². The molecule has 8 nitrogen and oxygen atoms in total. The molecule has 1 amide bonds. The number of amides is 1. The first kappa shape index (κ1) is 34.4. The van der Waals surface area contributed by atoms with Crippen molar-refractivity contribution in [1.29, 1.82) is 0 Å². The van der Waals surface area contributed by atoms with E-state index < -0.39 is 40.0 Å². The average molecular weight is 642 g/mol. The molecule has 0 bridgehead atoms. The molecule has 2 atom stereocenters. The molecular formula is C35H44FNO7S. The predicted octanol–water partition coefficient (Wildman–Crippen LogP) is 6.93. The van der Waals surface area contributed by atoms with Gasteiger partial charge in [0, 0.05) is 17.5 Å². The Morgan fingerprint density at radius 2 is 1.80 bits per heavy atom. The number of nitrogens with one attached hydrogen (secondary N) is 1. The maximum absolute atomic E-state index is 16.4. The van der Waals surface area contributed by atoms with Gasteiger partial charge in [-0.1, -0.05) is 18.2 Å². The number of rotatable bonds is 18. The lowest BCUT2D eigenvalue weighted by Crippen LogP contribution is -2.40. The molecule has 244 valence electrons. The van der Waals surface area contributed by atoms with Gasteiger partial charge in [-0.15, -0.1) is 13.2 Å². The van der Waals surface area contributed by atoms with E-state index >= 15 is 4.39 Å². The fourth-order valence-corrected chi connectivity index (χ4v) is 6.12. The summed E-state index contributed by atoms with van der Waals surface area (Å²) in [6.07, 6.45) is 7.64. The third-order valence-electron chi connectivity index (χ3n) is 7.95. The summed E-state index contributed by atoms with van der Waals surface area (Å²) < 4.78 is 56.7. The highest BCUT2D eigenvalue weighted by atomic mass is 32.2. The van der Waals surface area contributed by atoms with E-state index in [1.165, 1.54) is 11.6 Å². The Hall–Kier alpha value is -3.50. The first-order chi connectivity index (χ1) is 21.4. The SMILES string of the molecule is C=CCCCOc1cc(C2CC2)cc(C)c1-c1cc(C2CC2)c(F)c([C@H](CC(=O)OCC)NC(=O)[C@@H](CC=C)OS(C)(=O)=O)c1. The fraction of sp³-hybridized carbons (Fsp3) is 0.486. The van der Waals surface area contributed by atoms with Gasteiger partial charge in [-0.25, -0.2) is 4.39 Å². The number of unbranched alkanes of at least 4 members (excludes halogenated alkanes) is 1. The van der Waals surface area contributed by atoms with Crippen molar-refractivity contribution < 1.29 is 36.1 Å². The maximum Gasteiger partial charge on any atom is 0.308 e. The van der Waals surface area contributed by atoms with Crippen LogP contribution in [0, 0.1) is 12.7 Å². The van der Waals surface area contributed by atoms with Crippen LogP contribution in [0.5, 0.6) is 5.75 Å². The van der Waals surface area contributed by atoms with Crippen LogP contribution in [0.1, 0.15) is 98.4 Å². The number of carbonyl (C=O) groups excluding carboxylic acids is 2. The number of aryl methyl sites for hydroxylation is 1. The molecular weight excluding hydrogens is 597 g/mol. The highest BCUT2D eigenvalue weighted by molar-refractivity contribution is 7.86. The summed E-state index contributed by atoms with van der Waals surface area (Å²) in [6, 6.07) is 6.58. The van der Waals surface area contributed by atoms with Crippen LogP contribution in [-0.2, 0) is 28.6 Å². The van der Waals surface area contributed by atoms with E-state index in [2.05, 4.69) is 30.6 Å². The molecule has 0 unspecified atom stereocenters. The van der Waals surface area contributed by atoms with E-state index in [4.69, 9.17) is 13.7 Å². The minimum absolute atomic E-state index is 0.00716. The number of ether oxygens (including phenoxy) is 2. The molecule has 4 rings (SSSR count). The third kappa shape index (κ3) is 9.50. The summed E-state index contributed by atoms with van der Waals surface area (Å²) in [5.41, 5.74) is 4.35. The lowest BCUT2D eigenvalue weighted by Gasteiger charge is -2.24. The van der Waals surface area contributed by atoms with Crippen LogP contribution < -0.4 is 10.1 Å². The second-order valence-electron chi connectivity index (χ2n) is 11.9. The number of halogens is 1. The van der Waals surface area contributed by atoms with E-state index in [-0.39, 0.29) is 30.9 Å². The Balaban J connectivity index is 1.82. The fourth-order valence-electron chi connectivity index (χ4n) is 5.53. The van der Waals surface area contributed by atoms with Crippen molar-refractivity contribution in [2.24, 2.45) is 0 Å². The molecule has 2 aromatic carbocycles. The number of hydrogen-bond donors (Lipinski definition) is 1. The van der Waals surface area contributed by atoms with E-state index in [1.807, 2.05) is 19.1 Å². The van der Waals surface area contributed by atoms with Gasteiger partial charge in [-0.05, 0) is 105 Å². The van der Waals surface area contributed by atoms with Gasteiger partial charge in [0.25, 0.3) is 16.0 Å². The second-order valence-corrected chi connectivity index (χ2v) is 13.5. The summed E-state index contributed by atoms with van der Waals surface area (Å²) in [6.45, 7) is 11.6. The second kappa shape index (κ2) is 15.2. The predicted molar refractivity (Wildman–Crippen MR) is 172 cm³/mol. The maximum atomic E-state index is 16.4. The minimum atomic E-state index is -4.00. The normalized spacial score (nSPS) is 16.0. The van der Waals surface area contributed by atoms with Crippen LogP contribution in [0.25, 0.3) is 11.1 Å². The molecule has 0 spiro atoms. The number of carbonyl (C=O) groups is 2. The Kier molecular flexibility index (Phi) is 11.6. The molecule has 10 heteroatoms. The molecule has 2 fully saturated rings. The largest absolute Gasteiger partial charge is 0.493 e. The minimum Gasteiger partial charge on any atom is -0.493 e. The van der Waals surface area contributed by atoms with Crippen molar-refractivity contribution >= 4 is 22.0 Å². The van der Waals surface area contributed by atoms with Crippen LogP contribution in [0.4, 0.5) is 4.39 Å². The van der Waals surface area contributed by atoms with E-state index in [0.717, 1.165) is 55.9 Å². The molecule has 2 aromatic rings. The number of allylic oxidation sites excluding steroid dienone is 1. The first-order valence-electron chi connectivity index (χ1n) is 15.6. The van der Waals surface area contributed by atoms with Crippen molar-refractivity contribution in [3.8, 4) is 16.9 Å². The lowest BCUT2D eigenvalue weighted by molar-refractivity contribution is -0.144. The van der Waals surface area contributed by atoms with Gasteiger partial charge in [-0.3, -0.25) is 13.8 Å². The highest BCUT2D eigenvalue weighted by Crippen LogP contribution is 2.48. The number of hydrogen-bond acceptors (Lipinski definition) is 7. The van der Waals surface area contributed by atoms with Gasteiger partial charge >= 0.3 is 5.97 Å². The molecule has 0 aliphatic heterocycles. The lowest BCUT2D eigenvalue weighted by atomic mass is 9.89. The molecule has 0 heterocycles. The summed E-state index contributed by atoms with van der Waals surface area (Å²) in [4.78, 5) is 26.1. The Labute approximate surface area is 266 Å². The number of esters is 1. The number of benzene rings is 2. The molecule has 0 saturated heterocycles. The molecule has 2 aliphatic rings. The van der Waals surface area contributed by atoms with Gasteiger partial charge in [0.1, 0.15) is 11.6 Å². The topological polar surface area (TPSA) is 108 Å². The van der Waals surface area contributed by atoms with Gasteiger partial charge in [0.05, 0.1) is 31.9 Å². The summed E-state index contributed by atoms with van der Waals surface area (Å²) >= 11 is 0. The van der Waals surface area contributed by atoms with Crippen molar-refractivity contribution in [3.63, 3.8) is 0 Å². The zero-order valence-electron chi connectivity index (χ0n) is 26.4. The third-order valence-corrected chi connectivity index (χ3v) is 8.53. The molecule has 2 saturated carbocycles. The summed E-state index contributed by atoms with van der Waals surface area (Å²) in [5, 5.41) is 2.69. The van der Waals surface area contributed by atoms with Gasteiger partial charge in [-0.2, -0.15) is 8.42 Å². The molecule has 1 N–H and O–H groups in total. The van der Waals surface area contributed by atoms with Crippen LogP contribution in [-0.4, -0.2) is 45.9 Å². The molecule has 45 heavy (non-hydrogen) atoms. The van der Waals surface area contributed by atoms with Crippen molar-refractivity contribution in [3.05, 3.63) is 77.6 Å². The van der Waals surface area contributed by atoms with Crippen LogP contribution in [0.2, 0.25) is 0 Å². The average Bonchev–Trinajstić information content (AvgIpc) is 3.88. The Morgan fingerprint density at radius 3 is 2.40 bits per heavy atom. The van der Waals surface area contributed by atoms with Crippen molar-refractivity contribution in [2.75, 3.05) is 19.5 Å². The molecule has 0 aromatic heterocycles. The zero-order chi connectivity index (χ0) is 32.7. The quantitative estimate of drug-likeness (QED) is 0.0814.